The summed E-state index contributed by atoms with van der Waals surface area (Å²) in [6.07, 6.45) is 6.64. The van der Waals surface area contributed by atoms with Crippen molar-refractivity contribution in [1.29, 1.82) is 0 Å². The van der Waals surface area contributed by atoms with E-state index in [1.807, 2.05) is 13.8 Å². The van der Waals surface area contributed by atoms with Crippen molar-refractivity contribution in [1.82, 2.24) is 0 Å². The third kappa shape index (κ3) is 5.90. The maximum absolute atomic E-state index is 5.82. The average molecular weight is 155 g/mol. The fourth-order valence-electron chi connectivity index (χ4n) is 0.538. The molecule has 0 bridgehead atoms. The molecule has 0 aromatic heterocycles. The summed E-state index contributed by atoms with van der Waals surface area (Å²) in [5, 5.41) is 0. The number of hydrogen-bond donors (Lipinski definition) is 1. The Hall–Kier alpha value is -0.520. The van der Waals surface area contributed by atoms with Crippen molar-refractivity contribution in [2.75, 3.05) is 13.2 Å². The highest BCUT2D eigenvalue weighted by molar-refractivity contribution is 4.83. The van der Waals surface area contributed by atoms with E-state index in [4.69, 9.17) is 16.9 Å². The van der Waals surface area contributed by atoms with E-state index in [0.29, 0.717) is 19.6 Å². The van der Waals surface area contributed by atoms with Crippen molar-refractivity contribution < 1.29 is 4.74 Å². The van der Waals surface area contributed by atoms with Crippen molar-refractivity contribution in [3.8, 4) is 12.3 Å². The van der Waals surface area contributed by atoms with Gasteiger partial charge in [0.15, 0.2) is 0 Å². The van der Waals surface area contributed by atoms with E-state index in [1.54, 1.807) is 0 Å². The minimum atomic E-state index is -0.200. The fourth-order valence-corrected chi connectivity index (χ4v) is 0.538. The number of hydrogen-bond acceptors (Lipinski definition) is 2. The van der Waals surface area contributed by atoms with Crippen LogP contribution in [0.1, 0.15) is 26.7 Å². The topological polar surface area (TPSA) is 35.2 Å². The first kappa shape index (κ1) is 10.5. The smallest absolute Gasteiger partial charge is 0.0643 e. The van der Waals surface area contributed by atoms with Crippen molar-refractivity contribution in [3.05, 3.63) is 0 Å². The largest absolute Gasteiger partial charge is 0.379 e. The summed E-state index contributed by atoms with van der Waals surface area (Å²) in [5.41, 5.74) is 5.62. The molecule has 0 aliphatic heterocycles. The van der Waals surface area contributed by atoms with Gasteiger partial charge in [-0.3, -0.25) is 0 Å². The van der Waals surface area contributed by atoms with E-state index in [-0.39, 0.29) is 5.54 Å². The molecule has 0 aliphatic rings. The number of rotatable bonds is 5. The molecule has 64 valence electrons. The van der Waals surface area contributed by atoms with Gasteiger partial charge >= 0.3 is 0 Å². The van der Waals surface area contributed by atoms with Gasteiger partial charge in [0.05, 0.1) is 13.2 Å². The lowest BCUT2D eigenvalue weighted by Gasteiger charge is -2.21. The van der Waals surface area contributed by atoms with Crippen LogP contribution in [0.25, 0.3) is 0 Å². The molecule has 2 nitrogen and oxygen atoms in total. The first-order chi connectivity index (χ1) is 5.12. The van der Waals surface area contributed by atoms with Gasteiger partial charge in [-0.05, 0) is 13.3 Å². The van der Waals surface area contributed by atoms with E-state index < -0.39 is 0 Å². The van der Waals surface area contributed by atoms with Gasteiger partial charge in [0.1, 0.15) is 0 Å². The van der Waals surface area contributed by atoms with E-state index >= 15 is 0 Å². The van der Waals surface area contributed by atoms with Gasteiger partial charge < -0.3 is 10.5 Å². The zero-order valence-electron chi connectivity index (χ0n) is 7.39. The van der Waals surface area contributed by atoms with Crippen LogP contribution in [0.3, 0.4) is 0 Å². The standard InChI is InChI=1S/C9H17NO/c1-4-6-7-11-8-9(3,10)5-2/h1H,5-8,10H2,2-3H3. The highest BCUT2D eigenvalue weighted by Crippen LogP contribution is 2.04. The summed E-state index contributed by atoms with van der Waals surface area (Å²) < 4.78 is 5.26. The van der Waals surface area contributed by atoms with Gasteiger partial charge in [0.2, 0.25) is 0 Å². The molecule has 11 heavy (non-hydrogen) atoms. The van der Waals surface area contributed by atoms with Crippen LogP contribution in [-0.2, 0) is 4.74 Å². The summed E-state index contributed by atoms with van der Waals surface area (Å²) in [5.74, 6) is 2.51. The molecular formula is C9H17NO. The molecule has 0 aromatic carbocycles. The molecule has 2 heteroatoms. The second kappa shape index (κ2) is 5.17. The molecule has 0 heterocycles. The number of ether oxygens (including phenoxy) is 1. The van der Waals surface area contributed by atoms with Crippen LogP contribution in [0.2, 0.25) is 0 Å². The van der Waals surface area contributed by atoms with Crippen molar-refractivity contribution >= 4 is 0 Å². The Morgan fingerprint density at radius 1 is 1.64 bits per heavy atom. The SMILES string of the molecule is C#CCCOCC(C)(N)CC. The van der Waals surface area contributed by atoms with Crippen LogP contribution in [0.15, 0.2) is 0 Å². The lowest BCUT2D eigenvalue weighted by molar-refractivity contribution is 0.0939. The van der Waals surface area contributed by atoms with E-state index in [1.165, 1.54) is 0 Å². The second-order valence-corrected chi connectivity index (χ2v) is 3.01. The average Bonchev–Trinajstić information content (AvgIpc) is 1.99. The molecular weight excluding hydrogens is 138 g/mol. The van der Waals surface area contributed by atoms with Crippen molar-refractivity contribution in [2.45, 2.75) is 32.2 Å². The molecule has 2 N–H and O–H groups in total. The van der Waals surface area contributed by atoms with E-state index in [2.05, 4.69) is 5.92 Å². The minimum Gasteiger partial charge on any atom is -0.379 e. The van der Waals surface area contributed by atoms with Crippen LogP contribution >= 0.6 is 0 Å². The Labute approximate surface area is 69.1 Å². The van der Waals surface area contributed by atoms with Crippen LogP contribution < -0.4 is 5.73 Å². The van der Waals surface area contributed by atoms with Gasteiger partial charge in [-0.2, -0.15) is 0 Å². The quantitative estimate of drug-likeness (QED) is 0.477. The molecule has 0 radical (unpaired) electrons. The van der Waals surface area contributed by atoms with E-state index in [9.17, 15) is 0 Å². The van der Waals surface area contributed by atoms with Crippen LogP contribution in [0.4, 0.5) is 0 Å². The first-order valence-corrected chi connectivity index (χ1v) is 3.92. The fraction of sp³-hybridized carbons (Fsp3) is 0.778. The molecule has 0 aromatic rings. The molecule has 0 amide bonds. The van der Waals surface area contributed by atoms with Gasteiger partial charge in [0, 0.05) is 12.0 Å². The molecule has 0 fully saturated rings. The minimum absolute atomic E-state index is 0.200. The highest BCUT2D eigenvalue weighted by Gasteiger charge is 2.14. The zero-order valence-corrected chi connectivity index (χ0v) is 7.39. The monoisotopic (exact) mass is 155 g/mol. The van der Waals surface area contributed by atoms with Gasteiger partial charge in [-0.25, -0.2) is 0 Å². The number of nitrogens with two attached hydrogens (primary N) is 1. The van der Waals surface area contributed by atoms with Gasteiger partial charge in [0.25, 0.3) is 0 Å². The Bertz CT molecular complexity index is 135. The maximum Gasteiger partial charge on any atom is 0.0643 e. The second-order valence-electron chi connectivity index (χ2n) is 3.01. The third-order valence-electron chi connectivity index (χ3n) is 1.63. The van der Waals surface area contributed by atoms with Crippen LogP contribution in [-0.4, -0.2) is 18.8 Å². The molecule has 1 unspecified atom stereocenters. The van der Waals surface area contributed by atoms with E-state index in [0.717, 1.165) is 6.42 Å². The first-order valence-electron chi connectivity index (χ1n) is 3.92. The van der Waals surface area contributed by atoms with Crippen molar-refractivity contribution in [2.24, 2.45) is 5.73 Å². The molecule has 0 saturated carbocycles. The Kier molecular flexibility index (Phi) is 4.93. The van der Waals surface area contributed by atoms with Crippen molar-refractivity contribution in [3.63, 3.8) is 0 Å². The molecule has 0 saturated heterocycles. The summed E-state index contributed by atoms with van der Waals surface area (Å²) in [7, 11) is 0. The van der Waals surface area contributed by atoms with Crippen LogP contribution in [0.5, 0.6) is 0 Å². The lowest BCUT2D eigenvalue weighted by atomic mass is 10.0. The molecule has 0 aliphatic carbocycles. The summed E-state index contributed by atoms with van der Waals surface area (Å²) >= 11 is 0. The summed E-state index contributed by atoms with van der Waals surface area (Å²) in [6.45, 7) is 5.22. The predicted octanol–water partition coefficient (Wildman–Crippen LogP) is 1.15. The maximum atomic E-state index is 5.82. The number of terminal acetylenes is 1. The van der Waals surface area contributed by atoms with Gasteiger partial charge in [-0.15, -0.1) is 12.3 Å². The lowest BCUT2D eigenvalue weighted by Crippen LogP contribution is -2.40. The summed E-state index contributed by atoms with van der Waals surface area (Å²) in [4.78, 5) is 0. The predicted molar refractivity (Wildman–Crippen MR) is 47.2 cm³/mol. The summed E-state index contributed by atoms with van der Waals surface area (Å²) in [6, 6.07) is 0. The highest BCUT2D eigenvalue weighted by atomic mass is 16.5. The molecule has 0 rings (SSSR count). The zero-order chi connectivity index (χ0) is 8.74. The Morgan fingerprint density at radius 2 is 2.27 bits per heavy atom. The van der Waals surface area contributed by atoms with Gasteiger partial charge in [-0.1, -0.05) is 6.92 Å². The Morgan fingerprint density at radius 3 is 2.73 bits per heavy atom. The normalized spacial score (nSPS) is 15.5. The Balaban J connectivity index is 3.32. The molecule has 1 atom stereocenters. The third-order valence-corrected chi connectivity index (χ3v) is 1.63. The van der Waals surface area contributed by atoms with Crippen LogP contribution in [0, 0.1) is 12.3 Å². The molecule has 0 spiro atoms.